The van der Waals surface area contributed by atoms with Crippen molar-refractivity contribution in [2.24, 2.45) is 5.92 Å². The second kappa shape index (κ2) is 5.25. The third-order valence-electron chi connectivity index (χ3n) is 4.05. The van der Waals surface area contributed by atoms with E-state index in [-0.39, 0.29) is 24.5 Å². The molecule has 20 heavy (non-hydrogen) atoms. The Bertz CT molecular complexity index is 516. The van der Waals surface area contributed by atoms with Gasteiger partial charge in [0, 0.05) is 5.92 Å². The topological polar surface area (TPSA) is 66.8 Å². The molecule has 1 aliphatic carbocycles. The molecule has 3 rings (SSSR count). The highest BCUT2D eigenvalue weighted by Gasteiger charge is 2.43. The van der Waals surface area contributed by atoms with E-state index in [0.29, 0.717) is 19.3 Å². The minimum Gasteiger partial charge on any atom is -0.446 e. The molecule has 0 bridgehead atoms. The van der Waals surface area contributed by atoms with Gasteiger partial charge >= 0.3 is 6.09 Å². The van der Waals surface area contributed by atoms with Gasteiger partial charge in [-0.15, -0.1) is 0 Å². The molecule has 0 radical (unpaired) electrons. The summed E-state index contributed by atoms with van der Waals surface area (Å²) < 4.78 is 5.04. The van der Waals surface area contributed by atoms with Crippen LogP contribution in [0.1, 0.15) is 30.9 Å². The van der Waals surface area contributed by atoms with Crippen LogP contribution >= 0.6 is 0 Å². The van der Waals surface area contributed by atoms with Crippen LogP contribution in [-0.2, 0) is 9.53 Å². The van der Waals surface area contributed by atoms with Crippen molar-refractivity contribution in [2.45, 2.75) is 31.4 Å². The lowest BCUT2D eigenvalue weighted by atomic mass is 10.0. The van der Waals surface area contributed by atoms with Gasteiger partial charge in [0.25, 0.3) is 0 Å². The van der Waals surface area contributed by atoms with Crippen molar-refractivity contribution in [3.8, 4) is 0 Å². The molecule has 106 valence electrons. The number of carbonyl (C=O) groups excluding carboxylic acids is 2. The summed E-state index contributed by atoms with van der Waals surface area (Å²) in [5.41, 5.74) is 0.894. The zero-order valence-electron chi connectivity index (χ0n) is 11.1. The van der Waals surface area contributed by atoms with E-state index in [0.717, 1.165) is 5.56 Å². The number of aliphatic hydroxyl groups excluding tert-OH is 1. The molecule has 1 aromatic rings. The highest BCUT2D eigenvalue weighted by atomic mass is 16.6. The fraction of sp³-hybridized carbons (Fsp3) is 0.467. The zero-order valence-corrected chi connectivity index (χ0v) is 11.1. The first-order chi connectivity index (χ1) is 9.66. The van der Waals surface area contributed by atoms with Gasteiger partial charge < -0.3 is 9.84 Å². The Morgan fingerprint density at radius 2 is 2.00 bits per heavy atom. The lowest BCUT2D eigenvalue weighted by Gasteiger charge is -2.22. The average Bonchev–Trinajstić information content (AvgIpc) is 3.05. The van der Waals surface area contributed by atoms with E-state index in [1.54, 1.807) is 0 Å². The van der Waals surface area contributed by atoms with Crippen LogP contribution in [0.15, 0.2) is 30.3 Å². The Labute approximate surface area is 117 Å². The molecule has 0 aromatic heterocycles. The van der Waals surface area contributed by atoms with E-state index in [1.165, 1.54) is 4.90 Å². The Morgan fingerprint density at radius 3 is 2.65 bits per heavy atom. The zero-order chi connectivity index (χ0) is 14.1. The second-order valence-corrected chi connectivity index (χ2v) is 5.38. The van der Waals surface area contributed by atoms with Gasteiger partial charge in [-0.05, 0) is 24.8 Å². The molecule has 1 aromatic carbocycles. The molecule has 1 saturated heterocycles. The summed E-state index contributed by atoms with van der Waals surface area (Å²) in [7, 11) is 0. The maximum absolute atomic E-state index is 12.5. The van der Waals surface area contributed by atoms with Crippen molar-refractivity contribution < 1.29 is 19.4 Å². The summed E-state index contributed by atoms with van der Waals surface area (Å²) in [5, 5.41) is 9.55. The van der Waals surface area contributed by atoms with Crippen molar-refractivity contribution in [2.75, 3.05) is 6.61 Å². The number of ether oxygens (including phenoxy) is 1. The number of imide groups is 1. The number of amides is 2. The van der Waals surface area contributed by atoms with E-state index in [4.69, 9.17) is 4.74 Å². The summed E-state index contributed by atoms with van der Waals surface area (Å²) in [5.74, 6) is -0.500. The molecule has 1 aliphatic heterocycles. The lowest BCUT2D eigenvalue weighted by Crippen LogP contribution is -2.38. The molecule has 2 unspecified atom stereocenters. The average molecular weight is 275 g/mol. The Kier molecular flexibility index (Phi) is 3.44. The van der Waals surface area contributed by atoms with Crippen LogP contribution < -0.4 is 0 Å². The minimum absolute atomic E-state index is 0.198. The SMILES string of the molecule is O=C1OC[C@@H](c2ccccc2)N1C(=O)C1CCC(O)C1. The number of cyclic esters (lactones) is 1. The molecule has 5 nitrogen and oxygen atoms in total. The number of hydrogen-bond donors (Lipinski definition) is 1. The van der Waals surface area contributed by atoms with Crippen molar-refractivity contribution in [1.82, 2.24) is 4.90 Å². The van der Waals surface area contributed by atoms with Crippen LogP contribution in [0.2, 0.25) is 0 Å². The number of carbonyl (C=O) groups is 2. The molecule has 1 heterocycles. The number of hydrogen-bond acceptors (Lipinski definition) is 4. The highest BCUT2D eigenvalue weighted by Crippen LogP contribution is 2.33. The first-order valence-electron chi connectivity index (χ1n) is 6.89. The van der Waals surface area contributed by atoms with Crippen LogP contribution in [-0.4, -0.2) is 34.7 Å². The predicted octanol–water partition coefficient (Wildman–Crippen LogP) is 1.87. The van der Waals surface area contributed by atoms with Crippen molar-refractivity contribution in [1.29, 1.82) is 0 Å². The van der Waals surface area contributed by atoms with Crippen LogP contribution in [0.25, 0.3) is 0 Å². The van der Waals surface area contributed by atoms with Gasteiger partial charge in [0.2, 0.25) is 5.91 Å². The smallest absolute Gasteiger partial charge is 0.417 e. The van der Waals surface area contributed by atoms with E-state index in [1.807, 2.05) is 30.3 Å². The number of benzene rings is 1. The maximum atomic E-state index is 12.5. The van der Waals surface area contributed by atoms with E-state index in [9.17, 15) is 14.7 Å². The lowest BCUT2D eigenvalue weighted by molar-refractivity contribution is -0.133. The maximum Gasteiger partial charge on any atom is 0.417 e. The highest BCUT2D eigenvalue weighted by molar-refractivity contribution is 5.95. The summed E-state index contributed by atoms with van der Waals surface area (Å²) in [4.78, 5) is 25.6. The first kappa shape index (κ1) is 13.1. The molecule has 0 spiro atoms. The van der Waals surface area contributed by atoms with E-state index in [2.05, 4.69) is 0 Å². The standard InChI is InChI=1S/C15H17NO4/c17-12-7-6-11(8-12)14(18)16-13(9-20-15(16)19)10-4-2-1-3-5-10/h1-5,11-13,17H,6-9H2/t11?,12?,13-/m0/s1. The summed E-state index contributed by atoms with van der Waals surface area (Å²) >= 11 is 0. The molecule has 1 saturated carbocycles. The first-order valence-corrected chi connectivity index (χ1v) is 6.89. The van der Waals surface area contributed by atoms with E-state index >= 15 is 0 Å². The van der Waals surface area contributed by atoms with Gasteiger partial charge in [-0.3, -0.25) is 4.79 Å². The van der Waals surface area contributed by atoms with E-state index < -0.39 is 12.2 Å². The molecule has 1 N–H and O–H groups in total. The number of aliphatic hydroxyl groups is 1. The van der Waals surface area contributed by atoms with Gasteiger partial charge in [-0.2, -0.15) is 0 Å². The van der Waals surface area contributed by atoms with Crippen LogP contribution in [0.5, 0.6) is 0 Å². The molecular formula is C15H17NO4. The molecule has 2 fully saturated rings. The normalized spacial score (nSPS) is 29.6. The monoisotopic (exact) mass is 275 g/mol. The Balaban J connectivity index is 1.82. The molecule has 5 heteroatoms. The summed E-state index contributed by atoms with van der Waals surface area (Å²) in [6, 6.07) is 9.06. The fourth-order valence-corrected chi connectivity index (χ4v) is 2.96. The Hall–Kier alpha value is -1.88. The fourth-order valence-electron chi connectivity index (χ4n) is 2.96. The van der Waals surface area contributed by atoms with Crippen LogP contribution in [0.3, 0.4) is 0 Å². The quantitative estimate of drug-likeness (QED) is 0.894. The van der Waals surface area contributed by atoms with Crippen LogP contribution in [0, 0.1) is 5.92 Å². The number of rotatable bonds is 2. The number of nitrogens with zero attached hydrogens (tertiary/aromatic N) is 1. The van der Waals surface area contributed by atoms with Gasteiger partial charge in [0.1, 0.15) is 12.6 Å². The summed E-state index contributed by atoms with van der Waals surface area (Å²) in [6.07, 6.45) is 0.674. The van der Waals surface area contributed by atoms with Gasteiger partial charge in [0.05, 0.1) is 6.10 Å². The molecular weight excluding hydrogens is 258 g/mol. The van der Waals surface area contributed by atoms with Gasteiger partial charge in [-0.1, -0.05) is 30.3 Å². The van der Waals surface area contributed by atoms with Crippen LogP contribution in [0.4, 0.5) is 4.79 Å². The molecule has 2 aliphatic rings. The van der Waals surface area contributed by atoms with Crippen molar-refractivity contribution in [3.63, 3.8) is 0 Å². The van der Waals surface area contributed by atoms with Gasteiger partial charge in [0.15, 0.2) is 0 Å². The third-order valence-corrected chi connectivity index (χ3v) is 4.05. The van der Waals surface area contributed by atoms with Crippen molar-refractivity contribution >= 4 is 12.0 Å². The minimum atomic E-state index is -0.578. The molecule has 3 atom stereocenters. The third kappa shape index (κ3) is 2.29. The molecule has 2 amide bonds. The second-order valence-electron chi connectivity index (χ2n) is 5.38. The summed E-state index contributed by atoms with van der Waals surface area (Å²) in [6.45, 7) is 0.198. The predicted molar refractivity (Wildman–Crippen MR) is 70.7 cm³/mol. The van der Waals surface area contributed by atoms with Gasteiger partial charge in [-0.25, -0.2) is 9.69 Å². The largest absolute Gasteiger partial charge is 0.446 e. The Morgan fingerprint density at radius 1 is 1.25 bits per heavy atom. The van der Waals surface area contributed by atoms with Crippen molar-refractivity contribution in [3.05, 3.63) is 35.9 Å².